The van der Waals surface area contributed by atoms with Gasteiger partial charge in [-0.15, -0.1) is 11.3 Å². The monoisotopic (exact) mass is 270 g/mol. The zero-order valence-corrected chi connectivity index (χ0v) is 11.4. The van der Waals surface area contributed by atoms with Crippen LogP contribution in [0.3, 0.4) is 0 Å². The number of nitrogens with one attached hydrogen (secondary N) is 1. The van der Waals surface area contributed by atoms with Gasteiger partial charge in [-0.2, -0.15) is 0 Å². The Hall–Kier alpha value is -1.91. The van der Waals surface area contributed by atoms with Gasteiger partial charge in [0, 0.05) is 22.5 Å². The third kappa shape index (κ3) is 2.45. The van der Waals surface area contributed by atoms with Gasteiger partial charge < -0.3 is 9.73 Å². The van der Waals surface area contributed by atoms with Gasteiger partial charge in [0.2, 0.25) is 0 Å². The molecule has 3 nitrogen and oxygen atoms in total. The van der Waals surface area contributed by atoms with E-state index in [0.717, 1.165) is 28.4 Å². The molecule has 3 aromatic rings. The highest BCUT2D eigenvalue weighted by Gasteiger charge is 2.14. The van der Waals surface area contributed by atoms with Gasteiger partial charge in [-0.25, -0.2) is 4.98 Å². The number of hydrogen-bond donors (Lipinski definition) is 1. The lowest BCUT2D eigenvalue weighted by Gasteiger charge is -2.00. The number of hydrogen-bond acceptors (Lipinski definition) is 4. The van der Waals surface area contributed by atoms with E-state index in [0.29, 0.717) is 0 Å². The summed E-state index contributed by atoms with van der Waals surface area (Å²) in [4.78, 5) is 6.00. The molecule has 0 aliphatic heterocycles. The number of thiazole rings is 1. The molecule has 0 radical (unpaired) electrons. The molecule has 2 aromatic heterocycles. The van der Waals surface area contributed by atoms with Gasteiger partial charge in [0.25, 0.3) is 0 Å². The third-order valence-corrected chi connectivity index (χ3v) is 3.95. The van der Waals surface area contributed by atoms with Crippen molar-refractivity contribution in [2.45, 2.75) is 6.54 Å². The van der Waals surface area contributed by atoms with Crippen LogP contribution in [0, 0.1) is 0 Å². The van der Waals surface area contributed by atoms with E-state index in [1.807, 2.05) is 31.3 Å². The predicted octanol–water partition coefficient (Wildman–Crippen LogP) is 3.79. The van der Waals surface area contributed by atoms with Crippen LogP contribution in [0.15, 0.2) is 53.3 Å². The molecule has 19 heavy (non-hydrogen) atoms. The van der Waals surface area contributed by atoms with Gasteiger partial charge in [-0.3, -0.25) is 0 Å². The second-order valence-corrected chi connectivity index (χ2v) is 5.28. The van der Waals surface area contributed by atoms with Crippen molar-refractivity contribution in [2.24, 2.45) is 0 Å². The smallest absolute Gasteiger partial charge is 0.127 e. The van der Waals surface area contributed by atoms with Crippen molar-refractivity contribution >= 4 is 11.3 Å². The van der Waals surface area contributed by atoms with Crippen LogP contribution in [0.4, 0.5) is 0 Å². The van der Waals surface area contributed by atoms with Crippen molar-refractivity contribution in [3.63, 3.8) is 0 Å². The lowest BCUT2D eigenvalue weighted by molar-refractivity contribution is 0.568. The fourth-order valence-corrected chi connectivity index (χ4v) is 3.04. The maximum Gasteiger partial charge on any atom is 0.127 e. The second kappa shape index (κ2) is 5.38. The summed E-state index contributed by atoms with van der Waals surface area (Å²) < 4.78 is 5.13. The van der Waals surface area contributed by atoms with Crippen molar-refractivity contribution in [2.75, 3.05) is 7.05 Å². The number of nitrogens with zero attached hydrogens (tertiary/aromatic N) is 1. The van der Waals surface area contributed by atoms with E-state index in [4.69, 9.17) is 9.40 Å². The van der Waals surface area contributed by atoms with Crippen molar-refractivity contribution in [1.82, 2.24) is 10.3 Å². The highest BCUT2D eigenvalue weighted by molar-refractivity contribution is 7.15. The van der Waals surface area contributed by atoms with Gasteiger partial charge in [-0.05, 0) is 13.1 Å². The SMILES string of the molecule is CNCc1sc(-c2ccoc2)nc1-c1ccccc1. The molecule has 0 amide bonds. The van der Waals surface area contributed by atoms with E-state index < -0.39 is 0 Å². The molecular formula is C15H14N2OS. The molecule has 0 bridgehead atoms. The van der Waals surface area contributed by atoms with E-state index in [1.54, 1.807) is 23.9 Å². The molecule has 0 unspecified atom stereocenters. The summed E-state index contributed by atoms with van der Waals surface area (Å²) >= 11 is 1.70. The molecule has 2 heterocycles. The van der Waals surface area contributed by atoms with Crippen LogP contribution < -0.4 is 5.32 Å². The fraction of sp³-hybridized carbons (Fsp3) is 0.133. The summed E-state index contributed by atoms with van der Waals surface area (Å²) in [6.07, 6.45) is 3.41. The fourth-order valence-electron chi connectivity index (χ4n) is 1.96. The van der Waals surface area contributed by atoms with Gasteiger partial charge in [-0.1, -0.05) is 30.3 Å². The van der Waals surface area contributed by atoms with Crippen LogP contribution in [0.5, 0.6) is 0 Å². The number of aromatic nitrogens is 1. The van der Waals surface area contributed by atoms with E-state index in [1.165, 1.54) is 4.88 Å². The first-order valence-electron chi connectivity index (χ1n) is 6.11. The maximum absolute atomic E-state index is 5.13. The van der Waals surface area contributed by atoms with Crippen LogP contribution in [-0.4, -0.2) is 12.0 Å². The molecule has 0 saturated carbocycles. The number of benzene rings is 1. The Morgan fingerprint density at radius 1 is 1.16 bits per heavy atom. The van der Waals surface area contributed by atoms with Gasteiger partial charge >= 0.3 is 0 Å². The first kappa shape index (κ1) is 12.1. The minimum absolute atomic E-state index is 0.819. The summed E-state index contributed by atoms with van der Waals surface area (Å²) in [5.41, 5.74) is 3.24. The number of rotatable bonds is 4. The minimum Gasteiger partial charge on any atom is -0.472 e. The van der Waals surface area contributed by atoms with Crippen molar-refractivity contribution < 1.29 is 4.42 Å². The van der Waals surface area contributed by atoms with Gasteiger partial charge in [0.1, 0.15) is 11.3 Å². The molecule has 3 rings (SSSR count). The Kier molecular flexibility index (Phi) is 3.44. The molecule has 0 fully saturated rings. The molecular weight excluding hydrogens is 256 g/mol. The first-order valence-corrected chi connectivity index (χ1v) is 6.92. The summed E-state index contributed by atoms with van der Waals surface area (Å²) in [6.45, 7) is 0.819. The summed E-state index contributed by atoms with van der Waals surface area (Å²) in [5, 5.41) is 4.20. The molecule has 1 N–H and O–H groups in total. The molecule has 0 atom stereocenters. The van der Waals surface area contributed by atoms with Crippen LogP contribution >= 0.6 is 11.3 Å². The highest BCUT2D eigenvalue weighted by atomic mass is 32.1. The molecule has 96 valence electrons. The third-order valence-electron chi connectivity index (χ3n) is 2.85. The predicted molar refractivity (Wildman–Crippen MR) is 78.0 cm³/mol. The van der Waals surface area contributed by atoms with E-state index in [2.05, 4.69) is 17.4 Å². The van der Waals surface area contributed by atoms with Gasteiger partial charge in [0.15, 0.2) is 0 Å². The zero-order chi connectivity index (χ0) is 13.1. The Morgan fingerprint density at radius 2 is 2.00 bits per heavy atom. The molecule has 0 aliphatic carbocycles. The summed E-state index contributed by atoms with van der Waals surface area (Å²) in [5.74, 6) is 0. The second-order valence-electron chi connectivity index (χ2n) is 4.20. The van der Waals surface area contributed by atoms with Crippen LogP contribution in [0.2, 0.25) is 0 Å². The quantitative estimate of drug-likeness (QED) is 0.784. The molecule has 0 aliphatic rings. The van der Waals surface area contributed by atoms with E-state index in [9.17, 15) is 0 Å². The molecule has 0 saturated heterocycles. The lowest BCUT2D eigenvalue weighted by Crippen LogP contribution is -2.04. The standard InChI is InChI=1S/C15H14N2OS/c1-16-9-13-14(11-5-3-2-4-6-11)17-15(19-13)12-7-8-18-10-12/h2-8,10,16H,9H2,1H3. The molecule has 1 aromatic carbocycles. The van der Waals surface area contributed by atoms with Crippen molar-refractivity contribution in [1.29, 1.82) is 0 Å². The van der Waals surface area contributed by atoms with Crippen LogP contribution in [0.1, 0.15) is 4.88 Å². The van der Waals surface area contributed by atoms with Crippen LogP contribution in [-0.2, 0) is 6.54 Å². The van der Waals surface area contributed by atoms with E-state index in [-0.39, 0.29) is 0 Å². The lowest BCUT2D eigenvalue weighted by atomic mass is 10.1. The summed E-state index contributed by atoms with van der Waals surface area (Å²) in [7, 11) is 1.95. The first-order chi connectivity index (χ1) is 9.38. The van der Waals surface area contributed by atoms with Crippen molar-refractivity contribution in [3.05, 3.63) is 53.8 Å². The Morgan fingerprint density at radius 3 is 2.68 bits per heavy atom. The van der Waals surface area contributed by atoms with E-state index >= 15 is 0 Å². The average Bonchev–Trinajstić information content (AvgIpc) is 3.08. The zero-order valence-electron chi connectivity index (χ0n) is 10.6. The van der Waals surface area contributed by atoms with Crippen molar-refractivity contribution in [3.8, 4) is 21.8 Å². The van der Waals surface area contributed by atoms with Crippen LogP contribution in [0.25, 0.3) is 21.8 Å². The molecule has 0 spiro atoms. The maximum atomic E-state index is 5.13. The Balaban J connectivity index is 2.08. The minimum atomic E-state index is 0.819. The highest BCUT2D eigenvalue weighted by Crippen LogP contribution is 2.33. The van der Waals surface area contributed by atoms with Gasteiger partial charge in [0.05, 0.1) is 12.0 Å². The normalized spacial score (nSPS) is 10.8. The summed E-state index contributed by atoms with van der Waals surface area (Å²) in [6, 6.07) is 12.2. The molecule has 4 heteroatoms. The number of furan rings is 1. The average molecular weight is 270 g/mol. The Labute approximate surface area is 115 Å². The largest absolute Gasteiger partial charge is 0.472 e. The Bertz CT molecular complexity index is 644. The topological polar surface area (TPSA) is 38.1 Å².